The van der Waals surface area contributed by atoms with Crippen molar-refractivity contribution in [3.05, 3.63) is 65.5 Å². The Morgan fingerprint density at radius 1 is 1.12 bits per heavy atom. The van der Waals surface area contributed by atoms with E-state index in [2.05, 4.69) is 15.3 Å². The van der Waals surface area contributed by atoms with Crippen molar-refractivity contribution in [3.63, 3.8) is 0 Å². The van der Waals surface area contributed by atoms with Gasteiger partial charge in [-0.25, -0.2) is 9.48 Å². The molecule has 4 aromatic rings. The lowest BCUT2D eigenvalue weighted by atomic mass is 10.0. The summed E-state index contributed by atoms with van der Waals surface area (Å²) in [7, 11) is 0. The SMILES string of the molecule is Cc1nn(-c2ccccc2)c(C)c1-c1n[nH]c2ccc(C(=O)O)cc12. The second kappa shape index (κ2) is 5.59. The maximum Gasteiger partial charge on any atom is 0.335 e. The van der Waals surface area contributed by atoms with E-state index < -0.39 is 5.97 Å². The highest BCUT2D eigenvalue weighted by Crippen LogP contribution is 2.32. The highest BCUT2D eigenvalue weighted by atomic mass is 16.4. The van der Waals surface area contributed by atoms with Crippen LogP contribution in [0.1, 0.15) is 21.7 Å². The van der Waals surface area contributed by atoms with E-state index in [9.17, 15) is 9.90 Å². The fraction of sp³-hybridized carbons (Fsp3) is 0.105. The third kappa shape index (κ3) is 2.39. The molecule has 2 heterocycles. The maximum absolute atomic E-state index is 11.3. The Bertz CT molecular complexity index is 1090. The van der Waals surface area contributed by atoms with Gasteiger partial charge in [-0.15, -0.1) is 0 Å². The highest BCUT2D eigenvalue weighted by Gasteiger charge is 2.19. The second-order valence-electron chi connectivity index (χ2n) is 5.93. The molecule has 0 saturated carbocycles. The summed E-state index contributed by atoms with van der Waals surface area (Å²) in [4.78, 5) is 11.3. The van der Waals surface area contributed by atoms with E-state index >= 15 is 0 Å². The molecule has 2 aromatic heterocycles. The van der Waals surface area contributed by atoms with Gasteiger partial charge >= 0.3 is 5.97 Å². The summed E-state index contributed by atoms with van der Waals surface area (Å²) < 4.78 is 1.88. The van der Waals surface area contributed by atoms with Crippen LogP contribution in [-0.2, 0) is 0 Å². The fourth-order valence-electron chi connectivity index (χ4n) is 3.14. The molecule has 0 aliphatic carbocycles. The predicted molar refractivity (Wildman–Crippen MR) is 95.1 cm³/mol. The number of aromatic nitrogens is 4. The van der Waals surface area contributed by atoms with Crippen LogP contribution in [0.2, 0.25) is 0 Å². The first-order valence-electron chi connectivity index (χ1n) is 7.89. The van der Waals surface area contributed by atoms with Crippen LogP contribution in [0.5, 0.6) is 0 Å². The fourth-order valence-corrected chi connectivity index (χ4v) is 3.14. The van der Waals surface area contributed by atoms with Crippen molar-refractivity contribution >= 4 is 16.9 Å². The number of nitrogens with one attached hydrogen (secondary N) is 1. The number of carboxylic acid groups (broad SMARTS) is 1. The lowest BCUT2D eigenvalue weighted by Crippen LogP contribution is -1.98. The first-order chi connectivity index (χ1) is 12.1. The molecule has 0 saturated heterocycles. The van der Waals surface area contributed by atoms with Crippen LogP contribution in [0.15, 0.2) is 48.5 Å². The average Bonchev–Trinajstić information content (AvgIpc) is 3.15. The molecule has 0 atom stereocenters. The Morgan fingerprint density at radius 2 is 1.88 bits per heavy atom. The first-order valence-corrected chi connectivity index (χ1v) is 7.89. The zero-order valence-corrected chi connectivity index (χ0v) is 13.8. The van der Waals surface area contributed by atoms with Crippen molar-refractivity contribution in [1.29, 1.82) is 0 Å². The Labute approximate surface area is 143 Å². The predicted octanol–water partition coefficient (Wildman–Crippen LogP) is 3.73. The molecule has 0 unspecified atom stereocenters. The molecule has 6 heteroatoms. The summed E-state index contributed by atoms with van der Waals surface area (Å²) in [6.07, 6.45) is 0. The Morgan fingerprint density at radius 3 is 2.60 bits per heavy atom. The van der Waals surface area contributed by atoms with E-state index in [1.54, 1.807) is 18.2 Å². The molecule has 0 aliphatic rings. The number of nitrogens with zero attached hydrogens (tertiary/aromatic N) is 3. The van der Waals surface area contributed by atoms with Crippen LogP contribution in [0.25, 0.3) is 27.8 Å². The molecule has 0 aliphatic heterocycles. The number of H-pyrrole nitrogens is 1. The quantitative estimate of drug-likeness (QED) is 0.599. The minimum Gasteiger partial charge on any atom is -0.478 e. The van der Waals surface area contributed by atoms with Gasteiger partial charge in [0.2, 0.25) is 0 Å². The van der Waals surface area contributed by atoms with Gasteiger partial charge in [0, 0.05) is 10.9 Å². The number of hydrogen-bond acceptors (Lipinski definition) is 3. The van der Waals surface area contributed by atoms with Crippen molar-refractivity contribution in [2.24, 2.45) is 0 Å². The standard InChI is InChI=1S/C19H16N4O2/c1-11-17(12(2)23(22-11)14-6-4-3-5-7-14)18-15-10-13(19(24)25)8-9-16(15)20-21-18/h3-10H,1-2H3,(H,20,21)(H,24,25). The van der Waals surface area contributed by atoms with Gasteiger partial charge in [-0.3, -0.25) is 5.10 Å². The highest BCUT2D eigenvalue weighted by molar-refractivity contribution is 5.99. The summed E-state index contributed by atoms with van der Waals surface area (Å²) in [6.45, 7) is 3.92. The van der Waals surface area contributed by atoms with Crippen molar-refractivity contribution in [3.8, 4) is 16.9 Å². The lowest BCUT2D eigenvalue weighted by molar-refractivity contribution is 0.0697. The number of carboxylic acids is 1. The molecule has 0 bridgehead atoms. The van der Waals surface area contributed by atoms with Crippen LogP contribution in [0, 0.1) is 13.8 Å². The number of rotatable bonds is 3. The van der Waals surface area contributed by atoms with E-state index in [-0.39, 0.29) is 5.56 Å². The molecular formula is C19H16N4O2. The van der Waals surface area contributed by atoms with E-state index in [1.165, 1.54) is 0 Å². The maximum atomic E-state index is 11.3. The molecule has 0 fully saturated rings. The Kier molecular flexibility index (Phi) is 3.39. The van der Waals surface area contributed by atoms with Gasteiger partial charge in [-0.1, -0.05) is 18.2 Å². The van der Waals surface area contributed by atoms with Gasteiger partial charge in [0.05, 0.1) is 28.2 Å². The van der Waals surface area contributed by atoms with Crippen LogP contribution >= 0.6 is 0 Å². The van der Waals surface area contributed by atoms with Gasteiger partial charge in [0.25, 0.3) is 0 Å². The van der Waals surface area contributed by atoms with Gasteiger partial charge in [0.15, 0.2) is 0 Å². The zero-order chi connectivity index (χ0) is 17.6. The Balaban J connectivity index is 1.94. The van der Waals surface area contributed by atoms with Crippen molar-refractivity contribution < 1.29 is 9.90 Å². The van der Waals surface area contributed by atoms with Crippen molar-refractivity contribution in [1.82, 2.24) is 20.0 Å². The molecule has 124 valence electrons. The third-order valence-electron chi connectivity index (χ3n) is 4.34. The average molecular weight is 332 g/mol. The summed E-state index contributed by atoms with van der Waals surface area (Å²) in [6, 6.07) is 14.8. The van der Waals surface area contributed by atoms with Gasteiger partial charge in [0.1, 0.15) is 5.69 Å². The molecule has 0 radical (unpaired) electrons. The summed E-state index contributed by atoms with van der Waals surface area (Å²) in [5.74, 6) is -0.956. The van der Waals surface area contributed by atoms with Gasteiger partial charge in [-0.05, 0) is 44.2 Å². The molecule has 2 N–H and O–H groups in total. The molecule has 2 aromatic carbocycles. The number of para-hydroxylation sites is 1. The number of hydrogen-bond donors (Lipinski definition) is 2. The third-order valence-corrected chi connectivity index (χ3v) is 4.34. The van der Waals surface area contributed by atoms with Crippen LogP contribution in [-0.4, -0.2) is 31.1 Å². The molecule has 0 amide bonds. The minimum absolute atomic E-state index is 0.237. The largest absolute Gasteiger partial charge is 0.478 e. The zero-order valence-electron chi connectivity index (χ0n) is 13.8. The number of fused-ring (bicyclic) bond motifs is 1. The summed E-state index contributed by atoms with van der Waals surface area (Å²) >= 11 is 0. The van der Waals surface area contributed by atoms with Crippen molar-refractivity contribution in [2.75, 3.05) is 0 Å². The van der Waals surface area contributed by atoms with E-state index in [0.717, 1.165) is 39.2 Å². The van der Waals surface area contributed by atoms with E-state index in [4.69, 9.17) is 0 Å². The smallest absolute Gasteiger partial charge is 0.335 e. The lowest BCUT2D eigenvalue weighted by Gasteiger charge is -2.04. The van der Waals surface area contributed by atoms with Gasteiger partial charge in [-0.2, -0.15) is 10.2 Å². The van der Waals surface area contributed by atoms with Crippen LogP contribution < -0.4 is 0 Å². The van der Waals surface area contributed by atoms with E-state index in [0.29, 0.717) is 0 Å². The van der Waals surface area contributed by atoms with Crippen LogP contribution in [0.4, 0.5) is 0 Å². The molecule has 4 rings (SSSR count). The van der Waals surface area contributed by atoms with Gasteiger partial charge < -0.3 is 5.11 Å². The monoisotopic (exact) mass is 332 g/mol. The summed E-state index contributed by atoms with van der Waals surface area (Å²) in [5.41, 5.74) is 5.44. The molecule has 0 spiro atoms. The normalized spacial score (nSPS) is 11.1. The summed E-state index contributed by atoms with van der Waals surface area (Å²) in [5, 5.41) is 22.1. The number of aryl methyl sites for hydroxylation is 1. The number of aromatic amines is 1. The van der Waals surface area contributed by atoms with E-state index in [1.807, 2.05) is 48.9 Å². The first kappa shape index (κ1) is 15.1. The Hall–Kier alpha value is -3.41. The van der Waals surface area contributed by atoms with Crippen molar-refractivity contribution in [2.45, 2.75) is 13.8 Å². The number of carbonyl (C=O) groups is 1. The number of aromatic carboxylic acids is 1. The number of benzene rings is 2. The second-order valence-corrected chi connectivity index (χ2v) is 5.93. The topological polar surface area (TPSA) is 83.8 Å². The molecule has 25 heavy (non-hydrogen) atoms. The van der Waals surface area contributed by atoms with Crippen LogP contribution in [0.3, 0.4) is 0 Å². The molecule has 6 nitrogen and oxygen atoms in total. The minimum atomic E-state index is -0.956. The molecular weight excluding hydrogens is 316 g/mol.